The van der Waals surface area contributed by atoms with E-state index >= 15 is 0 Å². The maximum atomic E-state index is 12.1. The zero-order chi connectivity index (χ0) is 11.9. The fourth-order valence-corrected chi connectivity index (χ4v) is 3.01. The third kappa shape index (κ3) is 1.58. The SMILES string of the molecule is CC(C)S(=O)(=O)c1c(Cl)ccc2nonc12. The Morgan fingerprint density at radius 2 is 2.00 bits per heavy atom. The average Bonchev–Trinajstić information content (AvgIpc) is 2.64. The molecular formula is C9H9ClN2O3S. The van der Waals surface area contributed by atoms with Gasteiger partial charge in [0.05, 0.1) is 10.3 Å². The number of aromatic nitrogens is 2. The number of rotatable bonds is 2. The van der Waals surface area contributed by atoms with Crippen molar-refractivity contribution in [1.82, 2.24) is 10.3 Å². The summed E-state index contributed by atoms with van der Waals surface area (Å²) in [6, 6.07) is 3.04. The summed E-state index contributed by atoms with van der Waals surface area (Å²) in [5.74, 6) is 0. The van der Waals surface area contributed by atoms with E-state index in [4.69, 9.17) is 11.6 Å². The molecule has 0 saturated heterocycles. The summed E-state index contributed by atoms with van der Waals surface area (Å²) in [5, 5.41) is 6.72. The lowest BCUT2D eigenvalue weighted by Gasteiger charge is -2.08. The molecule has 0 N–H and O–H groups in total. The number of fused-ring (bicyclic) bond motifs is 1. The molecule has 16 heavy (non-hydrogen) atoms. The van der Waals surface area contributed by atoms with E-state index in [1.165, 1.54) is 6.07 Å². The van der Waals surface area contributed by atoms with Crippen molar-refractivity contribution in [1.29, 1.82) is 0 Å². The zero-order valence-corrected chi connectivity index (χ0v) is 10.2. The summed E-state index contributed by atoms with van der Waals surface area (Å²) in [7, 11) is -3.50. The van der Waals surface area contributed by atoms with Gasteiger partial charge in [0, 0.05) is 0 Å². The molecule has 0 spiro atoms. The van der Waals surface area contributed by atoms with Gasteiger partial charge >= 0.3 is 0 Å². The van der Waals surface area contributed by atoms with Gasteiger partial charge in [0.1, 0.15) is 10.4 Å². The molecule has 0 unspecified atom stereocenters. The highest BCUT2D eigenvalue weighted by atomic mass is 35.5. The van der Waals surface area contributed by atoms with Crippen molar-refractivity contribution in [2.75, 3.05) is 0 Å². The Morgan fingerprint density at radius 3 is 2.62 bits per heavy atom. The van der Waals surface area contributed by atoms with E-state index in [9.17, 15) is 8.42 Å². The smallest absolute Gasteiger partial charge is 0.184 e. The predicted octanol–water partition coefficient (Wildman–Crippen LogP) is 2.06. The molecule has 2 aromatic rings. The van der Waals surface area contributed by atoms with E-state index < -0.39 is 15.1 Å². The molecule has 0 bridgehead atoms. The van der Waals surface area contributed by atoms with Crippen LogP contribution in [0.5, 0.6) is 0 Å². The van der Waals surface area contributed by atoms with Crippen molar-refractivity contribution >= 4 is 32.5 Å². The number of halogens is 1. The van der Waals surface area contributed by atoms with Crippen molar-refractivity contribution in [3.05, 3.63) is 17.2 Å². The van der Waals surface area contributed by atoms with E-state index in [0.717, 1.165) is 0 Å². The summed E-state index contributed by atoms with van der Waals surface area (Å²) >= 11 is 5.90. The van der Waals surface area contributed by atoms with Crippen LogP contribution >= 0.6 is 11.6 Å². The fourth-order valence-electron chi connectivity index (χ4n) is 1.31. The van der Waals surface area contributed by atoms with Gasteiger partial charge in [-0.2, -0.15) is 0 Å². The molecule has 0 aliphatic heterocycles. The van der Waals surface area contributed by atoms with Gasteiger partial charge in [-0.25, -0.2) is 13.0 Å². The molecule has 0 atom stereocenters. The first kappa shape index (κ1) is 11.3. The Balaban J connectivity index is 2.87. The van der Waals surface area contributed by atoms with Gasteiger partial charge in [-0.05, 0) is 36.3 Å². The Labute approximate surface area is 97.3 Å². The number of nitrogens with zero attached hydrogens (tertiary/aromatic N) is 2. The molecule has 2 rings (SSSR count). The molecule has 0 amide bonds. The third-order valence-corrected chi connectivity index (χ3v) is 4.89. The van der Waals surface area contributed by atoms with Gasteiger partial charge in [-0.1, -0.05) is 11.6 Å². The van der Waals surface area contributed by atoms with Crippen molar-refractivity contribution in [3.63, 3.8) is 0 Å². The number of sulfone groups is 1. The molecule has 0 saturated carbocycles. The minimum absolute atomic E-state index is 0.0112. The molecule has 1 aromatic heterocycles. The van der Waals surface area contributed by atoms with Crippen LogP contribution < -0.4 is 0 Å². The summed E-state index contributed by atoms with van der Waals surface area (Å²) in [6.07, 6.45) is 0. The Bertz CT molecular complexity index is 633. The monoisotopic (exact) mass is 260 g/mol. The van der Waals surface area contributed by atoms with Gasteiger partial charge in [0.25, 0.3) is 0 Å². The van der Waals surface area contributed by atoms with E-state index in [0.29, 0.717) is 5.52 Å². The predicted molar refractivity (Wildman–Crippen MR) is 59.1 cm³/mol. The van der Waals surface area contributed by atoms with Crippen LogP contribution in [0.25, 0.3) is 11.0 Å². The van der Waals surface area contributed by atoms with E-state index in [1.54, 1.807) is 19.9 Å². The summed E-state index contributed by atoms with van der Waals surface area (Å²) in [6.45, 7) is 3.16. The van der Waals surface area contributed by atoms with E-state index in [2.05, 4.69) is 14.9 Å². The lowest BCUT2D eigenvalue weighted by atomic mass is 10.3. The molecule has 86 valence electrons. The molecule has 0 aliphatic carbocycles. The second kappa shape index (κ2) is 3.71. The number of hydrogen-bond acceptors (Lipinski definition) is 5. The van der Waals surface area contributed by atoms with E-state index in [-0.39, 0.29) is 15.4 Å². The maximum Gasteiger partial charge on any atom is 0.184 e. The van der Waals surface area contributed by atoms with Crippen molar-refractivity contribution in [2.24, 2.45) is 0 Å². The van der Waals surface area contributed by atoms with Crippen LogP contribution in [-0.2, 0) is 9.84 Å². The first-order chi connectivity index (χ1) is 7.44. The molecule has 0 aliphatic rings. The first-order valence-corrected chi connectivity index (χ1v) is 6.51. The Hall–Kier alpha value is -1.14. The Morgan fingerprint density at radius 1 is 1.31 bits per heavy atom. The maximum absolute atomic E-state index is 12.1. The quantitative estimate of drug-likeness (QED) is 0.826. The van der Waals surface area contributed by atoms with Gasteiger partial charge < -0.3 is 0 Å². The molecule has 1 aromatic carbocycles. The topological polar surface area (TPSA) is 73.1 Å². The normalized spacial score (nSPS) is 12.5. The standard InChI is InChI=1S/C9H9ClN2O3S/c1-5(2)16(13,14)9-6(10)3-4-7-8(9)12-15-11-7/h3-5H,1-2H3. The lowest BCUT2D eigenvalue weighted by Crippen LogP contribution is -2.15. The summed E-state index contributed by atoms with van der Waals surface area (Å²) < 4.78 is 28.7. The highest BCUT2D eigenvalue weighted by molar-refractivity contribution is 7.92. The van der Waals surface area contributed by atoms with Crippen LogP contribution in [0.4, 0.5) is 0 Å². The van der Waals surface area contributed by atoms with Gasteiger partial charge in [0.2, 0.25) is 0 Å². The number of hydrogen-bond donors (Lipinski definition) is 0. The molecule has 1 heterocycles. The van der Waals surface area contributed by atoms with Crippen LogP contribution in [0.15, 0.2) is 21.7 Å². The summed E-state index contributed by atoms with van der Waals surface area (Å²) in [5.41, 5.74) is 0.560. The number of benzene rings is 1. The second-order valence-corrected chi connectivity index (χ2v) is 6.45. The average molecular weight is 261 g/mol. The fraction of sp³-hybridized carbons (Fsp3) is 0.333. The van der Waals surface area contributed by atoms with Gasteiger partial charge in [0.15, 0.2) is 15.4 Å². The van der Waals surface area contributed by atoms with Crippen molar-refractivity contribution < 1.29 is 13.0 Å². The summed E-state index contributed by atoms with van der Waals surface area (Å²) in [4.78, 5) is -0.0112. The molecular weight excluding hydrogens is 252 g/mol. The molecule has 5 nitrogen and oxygen atoms in total. The molecule has 7 heteroatoms. The third-order valence-electron chi connectivity index (χ3n) is 2.24. The Kier molecular flexibility index (Phi) is 2.63. The van der Waals surface area contributed by atoms with Crippen LogP contribution in [0.2, 0.25) is 5.02 Å². The highest BCUT2D eigenvalue weighted by Gasteiger charge is 2.27. The minimum Gasteiger partial charge on any atom is -0.243 e. The van der Waals surface area contributed by atoms with Crippen molar-refractivity contribution in [3.8, 4) is 0 Å². The van der Waals surface area contributed by atoms with Gasteiger partial charge in [-0.15, -0.1) is 0 Å². The van der Waals surface area contributed by atoms with Crippen molar-refractivity contribution in [2.45, 2.75) is 24.0 Å². The molecule has 0 radical (unpaired) electrons. The van der Waals surface area contributed by atoms with Crippen LogP contribution in [0.3, 0.4) is 0 Å². The minimum atomic E-state index is -3.50. The van der Waals surface area contributed by atoms with Gasteiger partial charge in [-0.3, -0.25) is 0 Å². The largest absolute Gasteiger partial charge is 0.243 e. The lowest BCUT2D eigenvalue weighted by molar-refractivity contribution is 0.315. The first-order valence-electron chi connectivity index (χ1n) is 4.59. The van der Waals surface area contributed by atoms with Crippen LogP contribution in [0.1, 0.15) is 13.8 Å². The second-order valence-electron chi connectivity index (χ2n) is 3.60. The highest BCUT2D eigenvalue weighted by Crippen LogP contribution is 2.30. The molecule has 0 fully saturated rings. The van der Waals surface area contributed by atoms with Crippen LogP contribution in [-0.4, -0.2) is 24.0 Å². The van der Waals surface area contributed by atoms with Crippen LogP contribution in [0, 0.1) is 0 Å². The zero-order valence-electron chi connectivity index (χ0n) is 8.64. The van der Waals surface area contributed by atoms with E-state index in [1.807, 2.05) is 0 Å².